The molecule has 1 saturated heterocycles. The van der Waals surface area contributed by atoms with Crippen molar-refractivity contribution in [3.63, 3.8) is 0 Å². The molecule has 1 aliphatic rings. The van der Waals surface area contributed by atoms with Crippen LogP contribution in [0.25, 0.3) is 0 Å². The van der Waals surface area contributed by atoms with E-state index in [4.69, 9.17) is 5.14 Å². The second-order valence-electron chi connectivity index (χ2n) is 4.70. The van der Waals surface area contributed by atoms with Gasteiger partial charge in [-0.3, -0.25) is 9.69 Å². The van der Waals surface area contributed by atoms with Gasteiger partial charge in [0.1, 0.15) is 5.82 Å². The minimum Gasteiger partial charge on any atom is -0.296 e. The first-order valence-electron chi connectivity index (χ1n) is 5.69. The number of halogens is 1. The molecule has 104 valence electrons. The number of pyridine rings is 1. The summed E-state index contributed by atoms with van der Waals surface area (Å²) in [4.78, 5) is 17.8. The van der Waals surface area contributed by atoms with Crippen LogP contribution in [0, 0.1) is 16.4 Å². The first-order chi connectivity index (χ1) is 8.76. The van der Waals surface area contributed by atoms with E-state index in [2.05, 4.69) is 27.6 Å². The highest BCUT2D eigenvalue weighted by Crippen LogP contribution is 2.27. The van der Waals surface area contributed by atoms with Crippen LogP contribution in [0.1, 0.15) is 12.0 Å². The molecule has 0 spiro atoms. The van der Waals surface area contributed by atoms with Gasteiger partial charge in [0.2, 0.25) is 15.9 Å². The Bertz CT molecular complexity index is 618. The number of nitrogens with two attached hydrogens (primary N) is 1. The molecule has 1 amide bonds. The van der Waals surface area contributed by atoms with E-state index < -0.39 is 10.0 Å². The van der Waals surface area contributed by atoms with Crippen LogP contribution in [0.3, 0.4) is 0 Å². The van der Waals surface area contributed by atoms with Crippen molar-refractivity contribution in [2.75, 3.05) is 17.2 Å². The Balaban J connectivity index is 2.20. The van der Waals surface area contributed by atoms with Crippen molar-refractivity contribution in [3.8, 4) is 0 Å². The summed E-state index contributed by atoms with van der Waals surface area (Å²) in [5, 5.41) is 5.02. The van der Waals surface area contributed by atoms with Crippen LogP contribution in [0.2, 0.25) is 0 Å². The zero-order valence-electron chi connectivity index (χ0n) is 10.3. The van der Waals surface area contributed by atoms with Crippen LogP contribution in [0.5, 0.6) is 0 Å². The Labute approximate surface area is 125 Å². The Hall–Kier alpha value is -0.740. The molecule has 6 nitrogen and oxygen atoms in total. The first-order valence-corrected chi connectivity index (χ1v) is 8.48. The fraction of sp³-hybridized carbons (Fsp3) is 0.455. The van der Waals surface area contributed by atoms with Crippen LogP contribution >= 0.6 is 22.6 Å². The molecule has 19 heavy (non-hydrogen) atoms. The van der Waals surface area contributed by atoms with Gasteiger partial charge in [0.25, 0.3) is 0 Å². The monoisotopic (exact) mass is 395 g/mol. The van der Waals surface area contributed by atoms with Gasteiger partial charge >= 0.3 is 0 Å². The molecule has 1 fully saturated rings. The smallest absolute Gasteiger partial charge is 0.228 e. The molecule has 0 bridgehead atoms. The van der Waals surface area contributed by atoms with Crippen molar-refractivity contribution in [1.29, 1.82) is 0 Å². The number of nitrogens with zero attached hydrogens (tertiary/aromatic N) is 2. The van der Waals surface area contributed by atoms with Crippen molar-refractivity contribution in [3.05, 3.63) is 21.4 Å². The number of primary sulfonamides is 1. The third-order valence-corrected chi connectivity index (χ3v) is 4.47. The maximum atomic E-state index is 12.0. The Morgan fingerprint density at radius 1 is 1.58 bits per heavy atom. The fourth-order valence-corrected chi connectivity index (χ4v) is 3.73. The lowest BCUT2D eigenvalue weighted by Gasteiger charge is -2.17. The van der Waals surface area contributed by atoms with E-state index in [0.29, 0.717) is 12.4 Å². The lowest BCUT2D eigenvalue weighted by atomic mass is 10.1. The Kier molecular flexibility index (Phi) is 4.11. The van der Waals surface area contributed by atoms with E-state index in [9.17, 15) is 13.2 Å². The second-order valence-corrected chi connectivity index (χ2v) is 7.60. The molecular weight excluding hydrogens is 381 g/mol. The molecule has 1 aliphatic heterocycles. The van der Waals surface area contributed by atoms with Crippen molar-refractivity contribution in [2.24, 2.45) is 11.1 Å². The van der Waals surface area contributed by atoms with E-state index in [-0.39, 0.29) is 24.0 Å². The molecule has 1 unspecified atom stereocenters. The normalized spacial score (nSPS) is 20.1. The molecule has 2 N–H and O–H groups in total. The molecular formula is C11H14IN3O3S. The zero-order valence-corrected chi connectivity index (χ0v) is 13.3. The van der Waals surface area contributed by atoms with E-state index in [0.717, 1.165) is 9.13 Å². The topological polar surface area (TPSA) is 93.4 Å². The summed E-state index contributed by atoms with van der Waals surface area (Å²) in [6, 6.07) is 1.93. The summed E-state index contributed by atoms with van der Waals surface area (Å²) < 4.78 is 23.2. The quantitative estimate of drug-likeness (QED) is 0.761. The summed E-state index contributed by atoms with van der Waals surface area (Å²) in [5.41, 5.74) is 0.900. The number of sulfonamides is 1. The molecule has 2 rings (SSSR count). The number of amides is 1. The molecule has 1 aromatic heterocycles. The maximum absolute atomic E-state index is 12.0. The van der Waals surface area contributed by atoms with Crippen molar-refractivity contribution in [2.45, 2.75) is 13.3 Å². The molecule has 2 heterocycles. The van der Waals surface area contributed by atoms with Gasteiger partial charge < -0.3 is 0 Å². The van der Waals surface area contributed by atoms with Crippen molar-refractivity contribution >= 4 is 44.3 Å². The lowest BCUT2D eigenvalue weighted by Crippen LogP contribution is -2.28. The van der Waals surface area contributed by atoms with Gasteiger partial charge in [0.15, 0.2) is 0 Å². The van der Waals surface area contributed by atoms with E-state index >= 15 is 0 Å². The number of rotatable bonds is 3. The number of aromatic nitrogens is 1. The summed E-state index contributed by atoms with van der Waals surface area (Å²) in [6.07, 6.45) is 1.88. The molecule has 8 heteroatoms. The highest BCUT2D eigenvalue weighted by molar-refractivity contribution is 14.1. The Morgan fingerprint density at radius 3 is 2.84 bits per heavy atom. The van der Waals surface area contributed by atoms with E-state index in [1.807, 2.05) is 13.0 Å². The van der Waals surface area contributed by atoms with Gasteiger partial charge in [0, 0.05) is 28.7 Å². The Morgan fingerprint density at radius 2 is 2.26 bits per heavy atom. The number of hydrogen-bond acceptors (Lipinski definition) is 4. The van der Waals surface area contributed by atoms with Gasteiger partial charge in [-0.1, -0.05) is 0 Å². The van der Waals surface area contributed by atoms with Gasteiger partial charge in [0.05, 0.1) is 5.75 Å². The largest absolute Gasteiger partial charge is 0.296 e. The molecule has 0 aliphatic carbocycles. The van der Waals surface area contributed by atoms with E-state index in [1.54, 1.807) is 11.1 Å². The first kappa shape index (κ1) is 14.7. The molecule has 1 aromatic rings. The standard InChI is InChI=1S/C11H14IN3O3S/c1-7-2-9(12)4-14-11(7)15-5-8(3-10(15)16)6-19(13,17)18/h2,4,8H,3,5-6H2,1H3,(H2,13,17,18). The number of aryl methyl sites for hydroxylation is 1. The highest BCUT2D eigenvalue weighted by atomic mass is 127. The van der Waals surface area contributed by atoms with Gasteiger partial charge in [-0.2, -0.15) is 0 Å². The minimum absolute atomic E-state index is 0.106. The summed E-state index contributed by atoms with van der Waals surface area (Å²) in [6.45, 7) is 2.23. The van der Waals surface area contributed by atoms with Crippen LogP contribution < -0.4 is 10.0 Å². The van der Waals surface area contributed by atoms with Gasteiger partial charge in [-0.25, -0.2) is 18.5 Å². The lowest BCUT2D eigenvalue weighted by molar-refractivity contribution is -0.117. The number of anilines is 1. The predicted octanol–water partition coefficient (Wildman–Crippen LogP) is 0.636. The molecule has 0 aromatic carbocycles. The predicted molar refractivity (Wildman–Crippen MR) is 80.1 cm³/mol. The van der Waals surface area contributed by atoms with Crippen LogP contribution in [0.4, 0.5) is 5.82 Å². The average Bonchev–Trinajstić information content (AvgIpc) is 2.56. The summed E-state index contributed by atoms with van der Waals surface area (Å²) >= 11 is 2.15. The fourth-order valence-electron chi connectivity index (χ4n) is 2.24. The minimum atomic E-state index is -3.55. The van der Waals surface area contributed by atoms with Crippen LogP contribution in [-0.2, 0) is 14.8 Å². The number of carbonyl (C=O) groups excluding carboxylic acids is 1. The van der Waals surface area contributed by atoms with Crippen molar-refractivity contribution < 1.29 is 13.2 Å². The zero-order chi connectivity index (χ0) is 14.2. The second kappa shape index (κ2) is 5.33. The number of carbonyl (C=O) groups is 1. The summed E-state index contributed by atoms with van der Waals surface area (Å²) in [7, 11) is -3.55. The van der Waals surface area contributed by atoms with Crippen LogP contribution in [0.15, 0.2) is 12.3 Å². The van der Waals surface area contributed by atoms with E-state index in [1.165, 1.54) is 0 Å². The molecule has 0 radical (unpaired) electrons. The van der Waals surface area contributed by atoms with Crippen molar-refractivity contribution in [1.82, 2.24) is 4.98 Å². The third-order valence-electron chi connectivity index (χ3n) is 2.95. The molecule has 0 saturated carbocycles. The summed E-state index contributed by atoms with van der Waals surface area (Å²) in [5.74, 6) is 0.0642. The number of hydrogen-bond donors (Lipinski definition) is 1. The molecule has 1 atom stereocenters. The van der Waals surface area contributed by atoms with Gasteiger partial charge in [-0.15, -0.1) is 0 Å². The average molecular weight is 395 g/mol. The SMILES string of the molecule is Cc1cc(I)cnc1N1CC(CS(N)(=O)=O)CC1=O. The van der Waals surface area contributed by atoms with Crippen LogP contribution in [-0.4, -0.2) is 31.6 Å². The third kappa shape index (κ3) is 3.63. The maximum Gasteiger partial charge on any atom is 0.228 e. The van der Waals surface area contributed by atoms with Gasteiger partial charge in [-0.05, 0) is 41.1 Å². The highest BCUT2D eigenvalue weighted by Gasteiger charge is 2.34.